The molecule has 0 aromatic heterocycles. The molecule has 0 atom stereocenters. The average molecular weight is 309 g/mol. The minimum absolute atomic E-state index is 0. The lowest BCUT2D eigenvalue weighted by Crippen LogP contribution is -2.25. The van der Waals surface area contributed by atoms with Gasteiger partial charge in [-0.3, -0.25) is 4.79 Å². The summed E-state index contributed by atoms with van der Waals surface area (Å²) in [5, 5.41) is 6.74. The number of hydrogen-bond donors (Lipinski definition) is 2. The zero-order valence-electron chi connectivity index (χ0n) is 10.6. The van der Waals surface area contributed by atoms with E-state index in [1.165, 1.54) is 0 Å². The van der Waals surface area contributed by atoms with Crippen LogP contribution in [0.15, 0.2) is 23.1 Å². The van der Waals surface area contributed by atoms with Crippen molar-refractivity contribution in [1.82, 2.24) is 5.32 Å². The molecule has 0 spiro atoms. The molecule has 2 N–H and O–H groups in total. The number of nitrogens with one attached hydrogen (secondary N) is 2. The number of rotatable bonds is 5. The second-order valence-corrected chi connectivity index (χ2v) is 5.94. The van der Waals surface area contributed by atoms with Crippen molar-refractivity contribution in [2.24, 2.45) is 0 Å². The monoisotopic (exact) mass is 308 g/mol. The SMILES string of the molecule is CNCC(=O)Nc1cc(Cl)ccc1SC(C)C.Cl. The summed E-state index contributed by atoms with van der Waals surface area (Å²) in [5.74, 6) is -0.0691. The van der Waals surface area contributed by atoms with Crippen LogP contribution in [0.25, 0.3) is 0 Å². The van der Waals surface area contributed by atoms with Crippen LogP contribution in [0, 0.1) is 0 Å². The number of anilines is 1. The lowest BCUT2D eigenvalue weighted by Gasteiger charge is -2.12. The summed E-state index contributed by atoms with van der Waals surface area (Å²) in [4.78, 5) is 12.6. The van der Waals surface area contributed by atoms with Crippen LogP contribution in [0.2, 0.25) is 5.02 Å². The van der Waals surface area contributed by atoms with Gasteiger partial charge in [0.2, 0.25) is 5.91 Å². The van der Waals surface area contributed by atoms with E-state index in [0.717, 1.165) is 10.6 Å². The molecule has 0 aliphatic heterocycles. The van der Waals surface area contributed by atoms with Gasteiger partial charge in [-0.1, -0.05) is 25.4 Å². The molecule has 0 fully saturated rings. The van der Waals surface area contributed by atoms with Crippen molar-refractivity contribution >= 4 is 47.4 Å². The Hall–Kier alpha value is -0.420. The number of thioether (sulfide) groups is 1. The van der Waals surface area contributed by atoms with E-state index < -0.39 is 0 Å². The first-order chi connectivity index (χ1) is 8.02. The summed E-state index contributed by atoms with van der Waals surface area (Å²) in [7, 11) is 1.74. The summed E-state index contributed by atoms with van der Waals surface area (Å²) < 4.78 is 0. The van der Waals surface area contributed by atoms with Crippen LogP contribution in [0.1, 0.15) is 13.8 Å². The second-order valence-electron chi connectivity index (χ2n) is 3.89. The largest absolute Gasteiger partial charge is 0.324 e. The molecule has 1 rings (SSSR count). The standard InChI is InChI=1S/C12H17ClN2OS.ClH/c1-8(2)17-11-5-4-9(13)6-10(11)15-12(16)7-14-3;/h4-6,8,14H,7H2,1-3H3,(H,15,16);1H. The Labute approximate surface area is 123 Å². The summed E-state index contributed by atoms with van der Waals surface area (Å²) in [5.41, 5.74) is 0.774. The quantitative estimate of drug-likeness (QED) is 0.819. The fourth-order valence-corrected chi connectivity index (χ4v) is 2.38. The van der Waals surface area contributed by atoms with Crippen LogP contribution in [0.3, 0.4) is 0 Å². The zero-order valence-corrected chi connectivity index (χ0v) is 13.0. The van der Waals surface area contributed by atoms with E-state index in [1.54, 1.807) is 24.9 Å². The fourth-order valence-electron chi connectivity index (χ4n) is 1.31. The van der Waals surface area contributed by atoms with Crippen LogP contribution in [0.4, 0.5) is 5.69 Å². The van der Waals surface area contributed by atoms with Crippen molar-refractivity contribution in [3.63, 3.8) is 0 Å². The summed E-state index contributed by atoms with van der Waals surface area (Å²) in [6, 6.07) is 5.54. The van der Waals surface area contributed by atoms with Gasteiger partial charge in [0.15, 0.2) is 0 Å². The highest BCUT2D eigenvalue weighted by atomic mass is 35.5. The van der Waals surface area contributed by atoms with Crippen LogP contribution in [-0.4, -0.2) is 24.7 Å². The minimum Gasteiger partial charge on any atom is -0.324 e. The molecule has 0 radical (unpaired) electrons. The molecule has 6 heteroatoms. The molecule has 102 valence electrons. The highest BCUT2D eigenvalue weighted by molar-refractivity contribution is 8.00. The van der Waals surface area contributed by atoms with Gasteiger partial charge in [-0.25, -0.2) is 0 Å². The highest BCUT2D eigenvalue weighted by Gasteiger charge is 2.09. The van der Waals surface area contributed by atoms with E-state index >= 15 is 0 Å². The minimum atomic E-state index is -0.0691. The van der Waals surface area contributed by atoms with Crippen LogP contribution < -0.4 is 10.6 Å². The topological polar surface area (TPSA) is 41.1 Å². The smallest absolute Gasteiger partial charge is 0.238 e. The molecule has 0 heterocycles. The lowest BCUT2D eigenvalue weighted by atomic mass is 10.3. The second kappa shape index (κ2) is 8.64. The Balaban J connectivity index is 0.00000289. The maximum Gasteiger partial charge on any atom is 0.238 e. The fraction of sp³-hybridized carbons (Fsp3) is 0.417. The van der Waals surface area contributed by atoms with E-state index in [2.05, 4.69) is 24.5 Å². The summed E-state index contributed by atoms with van der Waals surface area (Å²) in [6.07, 6.45) is 0. The van der Waals surface area contributed by atoms with Crippen molar-refractivity contribution in [3.05, 3.63) is 23.2 Å². The third-order valence-corrected chi connectivity index (χ3v) is 3.23. The maximum absolute atomic E-state index is 11.5. The molecule has 0 aliphatic rings. The molecule has 0 unspecified atom stereocenters. The Morgan fingerprint density at radius 1 is 1.44 bits per heavy atom. The molecule has 1 amide bonds. The third-order valence-electron chi connectivity index (χ3n) is 1.92. The van der Waals surface area contributed by atoms with Gasteiger partial charge in [0, 0.05) is 15.2 Å². The van der Waals surface area contributed by atoms with Crippen LogP contribution >= 0.6 is 35.8 Å². The van der Waals surface area contributed by atoms with Crippen molar-refractivity contribution in [3.8, 4) is 0 Å². The molecule has 1 aromatic carbocycles. The van der Waals surface area contributed by atoms with Gasteiger partial charge in [-0.05, 0) is 25.2 Å². The van der Waals surface area contributed by atoms with Crippen molar-refractivity contribution in [2.45, 2.75) is 24.0 Å². The van der Waals surface area contributed by atoms with Gasteiger partial charge >= 0.3 is 0 Å². The lowest BCUT2D eigenvalue weighted by molar-refractivity contribution is -0.115. The van der Waals surface area contributed by atoms with Crippen molar-refractivity contribution in [1.29, 1.82) is 0 Å². The molecular formula is C12H18Cl2N2OS. The Kier molecular flexibility index (Phi) is 8.44. The normalized spacial score (nSPS) is 10.1. The van der Waals surface area contributed by atoms with E-state index in [1.807, 2.05) is 12.1 Å². The molecule has 1 aromatic rings. The number of benzene rings is 1. The first kappa shape index (κ1) is 17.6. The van der Waals surface area contributed by atoms with Gasteiger partial charge in [-0.2, -0.15) is 0 Å². The first-order valence-corrected chi connectivity index (χ1v) is 6.69. The number of amides is 1. The number of halogens is 2. The first-order valence-electron chi connectivity index (χ1n) is 5.43. The van der Waals surface area contributed by atoms with Crippen LogP contribution in [0.5, 0.6) is 0 Å². The predicted octanol–water partition coefficient (Wildman–Crippen LogP) is 3.42. The van der Waals surface area contributed by atoms with Crippen molar-refractivity contribution < 1.29 is 4.79 Å². The summed E-state index contributed by atoms with van der Waals surface area (Å²) in [6.45, 7) is 4.51. The number of hydrogen-bond acceptors (Lipinski definition) is 3. The Bertz CT molecular complexity index is 400. The molecule has 3 nitrogen and oxygen atoms in total. The summed E-state index contributed by atoms with van der Waals surface area (Å²) >= 11 is 7.64. The van der Waals surface area contributed by atoms with Gasteiger partial charge in [0.05, 0.1) is 12.2 Å². The molecular weight excluding hydrogens is 291 g/mol. The highest BCUT2D eigenvalue weighted by Crippen LogP contribution is 2.32. The third kappa shape index (κ3) is 5.96. The number of likely N-dealkylation sites (N-methyl/N-ethyl adjacent to an activating group) is 1. The zero-order chi connectivity index (χ0) is 12.8. The van der Waals surface area contributed by atoms with E-state index in [9.17, 15) is 4.79 Å². The molecule has 18 heavy (non-hydrogen) atoms. The maximum atomic E-state index is 11.5. The van der Waals surface area contributed by atoms with Gasteiger partial charge < -0.3 is 10.6 Å². The van der Waals surface area contributed by atoms with E-state index in [0.29, 0.717) is 10.3 Å². The van der Waals surface area contributed by atoms with Crippen LogP contribution in [-0.2, 0) is 4.79 Å². The van der Waals surface area contributed by atoms with Gasteiger partial charge in [-0.15, -0.1) is 24.2 Å². The Morgan fingerprint density at radius 2 is 2.11 bits per heavy atom. The predicted molar refractivity (Wildman–Crippen MR) is 82.2 cm³/mol. The van der Waals surface area contributed by atoms with Crippen molar-refractivity contribution in [2.75, 3.05) is 18.9 Å². The molecule has 0 saturated heterocycles. The molecule has 0 saturated carbocycles. The van der Waals surface area contributed by atoms with E-state index in [-0.39, 0.29) is 24.9 Å². The number of carbonyl (C=O) groups is 1. The van der Waals surface area contributed by atoms with Gasteiger partial charge in [0.1, 0.15) is 0 Å². The number of carbonyl (C=O) groups excluding carboxylic acids is 1. The molecule has 0 aliphatic carbocycles. The average Bonchev–Trinajstić information content (AvgIpc) is 2.22. The molecule has 0 bridgehead atoms. The van der Waals surface area contributed by atoms with Gasteiger partial charge in [0.25, 0.3) is 0 Å². The Morgan fingerprint density at radius 3 is 2.67 bits per heavy atom. The van der Waals surface area contributed by atoms with E-state index in [4.69, 9.17) is 11.6 Å².